The Labute approximate surface area is 210 Å². The van der Waals surface area contributed by atoms with E-state index < -0.39 is 47.1 Å². The molecule has 1 aliphatic heterocycles. The van der Waals surface area contributed by atoms with Gasteiger partial charge in [0.2, 0.25) is 0 Å². The zero-order valence-electron chi connectivity index (χ0n) is 19.1. The number of nitrogens with one attached hydrogen (secondary N) is 2. The van der Waals surface area contributed by atoms with E-state index >= 15 is 4.39 Å². The van der Waals surface area contributed by atoms with Gasteiger partial charge in [0.25, 0.3) is 5.91 Å². The number of carboxylic acids is 1. The van der Waals surface area contributed by atoms with Gasteiger partial charge in [0.1, 0.15) is 23.2 Å². The van der Waals surface area contributed by atoms with E-state index in [2.05, 4.69) is 10.6 Å². The Bertz CT molecular complexity index is 1250. The summed E-state index contributed by atoms with van der Waals surface area (Å²) in [5, 5.41) is 24.0. The predicted molar refractivity (Wildman–Crippen MR) is 131 cm³/mol. The van der Waals surface area contributed by atoms with Crippen LogP contribution in [0.3, 0.4) is 0 Å². The molecule has 190 valence electrons. The lowest BCUT2D eigenvalue weighted by atomic mass is 10.0. The molecule has 0 bridgehead atoms. The van der Waals surface area contributed by atoms with Crippen LogP contribution in [0.15, 0.2) is 48.5 Å². The van der Waals surface area contributed by atoms with Crippen molar-refractivity contribution < 1.29 is 33.0 Å². The van der Waals surface area contributed by atoms with Crippen LogP contribution in [0.5, 0.6) is 5.75 Å². The van der Waals surface area contributed by atoms with E-state index in [1.807, 2.05) is 0 Å². The lowest BCUT2D eigenvalue weighted by molar-refractivity contribution is -0.136. The number of carboxylic acid groups (broad SMARTS) is 1. The highest BCUT2D eigenvalue weighted by Gasteiger charge is 2.20. The third-order valence-corrected chi connectivity index (χ3v) is 5.74. The van der Waals surface area contributed by atoms with Crippen molar-refractivity contribution in [2.24, 2.45) is 0 Å². The number of carbonyl (C=O) groups excluding carboxylic acids is 1. The summed E-state index contributed by atoms with van der Waals surface area (Å²) >= 11 is 5.63. The van der Waals surface area contributed by atoms with E-state index in [0.717, 1.165) is 36.4 Å². The van der Waals surface area contributed by atoms with Gasteiger partial charge in [-0.1, -0.05) is 30.2 Å². The molecule has 0 radical (unpaired) electrons. The number of hydrogen-bond donors (Lipinski definition) is 4. The van der Waals surface area contributed by atoms with Crippen LogP contribution in [0.4, 0.5) is 18.9 Å². The van der Waals surface area contributed by atoms with E-state index in [1.165, 1.54) is 44.5 Å². The van der Waals surface area contributed by atoms with E-state index in [1.54, 1.807) is 0 Å². The van der Waals surface area contributed by atoms with Gasteiger partial charge in [-0.25, -0.2) is 13.2 Å². The van der Waals surface area contributed by atoms with E-state index in [9.17, 15) is 23.5 Å². The van der Waals surface area contributed by atoms with Gasteiger partial charge in [-0.05, 0) is 67.9 Å². The largest absolute Gasteiger partial charge is 0.506 e. The number of rotatable bonds is 5. The molecule has 0 unspecified atom stereocenters. The van der Waals surface area contributed by atoms with Crippen LogP contribution in [0.25, 0.3) is 11.1 Å². The quantitative estimate of drug-likeness (QED) is 0.342. The average molecular weight is 521 g/mol. The minimum absolute atomic E-state index is 0.0103. The minimum atomic E-state index is -1.25. The van der Waals surface area contributed by atoms with Crippen molar-refractivity contribution in [3.8, 4) is 16.9 Å². The molecular weight excluding hydrogens is 497 g/mol. The van der Waals surface area contributed by atoms with Gasteiger partial charge < -0.3 is 20.8 Å². The molecule has 0 atom stereocenters. The predicted octanol–water partition coefficient (Wildman–Crippen LogP) is 5.77. The normalized spacial score (nSPS) is 12.9. The van der Waals surface area contributed by atoms with Crippen LogP contribution in [0, 0.1) is 17.5 Å². The van der Waals surface area contributed by atoms with Crippen LogP contribution in [-0.4, -0.2) is 35.2 Å². The number of carbonyl (C=O) groups is 2. The zero-order valence-corrected chi connectivity index (χ0v) is 19.8. The number of hydrogen-bond acceptors (Lipinski definition) is 4. The Morgan fingerprint density at radius 3 is 2.31 bits per heavy atom. The van der Waals surface area contributed by atoms with E-state index in [-0.39, 0.29) is 27.4 Å². The Balaban J connectivity index is 0.000000526. The fourth-order valence-electron chi connectivity index (χ4n) is 3.64. The Morgan fingerprint density at radius 1 is 0.972 bits per heavy atom. The third kappa shape index (κ3) is 6.99. The maximum absolute atomic E-state index is 15.0. The molecule has 4 N–H and O–H groups in total. The lowest BCUT2D eigenvalue weighted by Gasteiger charge is -2.13. The second-order valence-corrected chi connectivity index (χ2v) is 8.49. The fraction of sp³-hybridized carbons (Fsp3) is 0.231. The number of halogens is 4. The summed E-state index contributed by atoms with van der Waals surface area (Å²) in [5.41, 5.74) is -1.09. The van der Waals surface area contributed by atoms with Crippen molar-refractivity contribution in [1.29, 1.82) is 0 Å². The van der Waals surface area contributed by atoms with Gasteiger partial charge >= 0.3 is 5.97 Å². The molecule has 1 saturated heterocycles. The summed E-state index contributed by atoms with van der Waals surface area (Å²) < 4.78 is 42.7. The Morgan fingerprint density at radius 2 is 1.69 bits per heavy atom. The number of aromatic hydroxyl groups is 1. The van der Waals surface area contributed by atoms with Gasteiger partial charge in [0, 0.05) is 16.8 Å². The molecular formula is C26H24ClF3N2O4. The number of piperidine rings is 1. The molecule has 3 aromatic carbocycles. The topological polar surface area (TPSA) is 98.7 Å². The number of amides is 1. The lowest BCUT2D eigenvalue weighted by Crippen LogP contribution is -2.21. The van der Waals surface area contributed by atoms with Gasteiger partial charge in [0.15, 0.2) is 0 Å². The van der Waals surface area contributed by atoms with Crippen molar-refractivity contribution >= 4 is 29.2 Å². The Kier molecular flexibility index (Phi) is 9.32. The number of aliphatic carboxylic acids is 1. The number of benzene rings is 3. The van der Waals surface area contributed by atoms with Gasteiger partial charge in [-0.15, -0.1) is 0 Å². The summed E-state index contributed by atoms with van der Waals surface area (Å²) in [7, 11) is 0. The highest BCUT2D eigenvalue weighted by molar-refractivity contribution is 6.32. The maximum atomic E-state index is 15.0. The average Bonchev–Trinajstić information content (AvgIpc) is 2.84. The summed E-state index contributed by atoms with van der Waals surface area (Å²) in [6.07, 6.45) is 3.65. The van der Waals surface area contributed by atoms with Crippen molar-refractivity contribution in [2.75, 3.05) is 18.4 Å². The second kappa shape index (κ2) is 12.4. The number of phenols is 1. The molecule has 0 saturated carbocycles. The van der Waals surface area contributed by atoms with Crippen LogP contribution in [0.2, 0.25) is 5.02 Å². The summed E-state index contributed by atoms with van der Waals surface area (Å²) in [6.45, 7) is 2.50. The molecule has 0 spiro atoms. The molecule has 1 amide bonds. The molecule has 3 aromatic rings. The van der Waals surface area contributed by atoms with E-state index in [0.29, 0.717) is 0 Å². The highest BCUT2D eigenvalue weighted by Crippen LogP contribution is 2.34. The SMILES string of the molecule is C1CCNCC1.O=C(O)Cc1cc(F)ccc1NC(=O)c1cccc(-c2cc(O)c(Cl)cc2F)c1F. The molecule has 1 fully saturated rings. The van der Waals surface area contributed by atoms with Gasteiger partial charge in [-0.3, -0.25) is 9.59 Å². The van der Waals surface area contributed by atoms with Crippen molar-refractivity contribution in [2.45, 2.75) is 25.7 Å². The maximum Gasteiger partial charge on any atom is 0.307 e. The number of phenolic OH excluding ortho intramolecular Hbond substituents is 1. The van der Waals surface area contributed by atoms with Crippen LogP contribution in [0.1, 0.15) is 35.2 Å². The standard InChI is InChI=1S/C21H13ClF3NO4.C5H11N/c22-15-9-16(24)14(8-18(15)27)12-2-1-3-13(20(12)25)21(30)26-17-5-4-11(23)6-10(17)7-19(28)29;1-2-4-6-5-3-1/h1-6,8-9,27H,7H2,(H,26,30)(H,28,29);6H,1-5H2. The fourth-order valence-corrected chi connectivity index (χ4v) is 3.79. The molecule has 10 heteroatoms. The van der Waals surface area contributed by atoms with Crippen molar-refractivity contribution in [3.05, 3.63) is 82.1 Å². The zero-order chi connectivity index (χ0) is 26.2. The summed E-state index contributed by atoms with van der Waals surface area (Å²) in [6, 6.07) is 8.53. The smallest absolute Gasteiger partial charge is 0.307 e. The summed E-state index contributed by atoms with van der Waals surface area (Å²) in [4.78, 5) is 23.6. The first-order valence-electron chi connectivity index (χ1n) is 11.2. The van der Waals surface area contributed by atoms with Crippen molar-refractivity contribution in [1.82, 2.24) is 5.32 Å². The van der Waals surface area contributed by atoms with E-state index in [4.69, 9.17) is 16.7 Å². The van der Waals surface area contributed by atoms with Crippen molar-refractivity contribution in [3.63, 3.8) is 0 Å². The first-order valence-corrected chi connectivity index (χ1v) is 11.5. The summed E-state index contributed by atoms with van der Waals surface area (Å²) in [5.74, 6) is -5.34. The van der Waals surface area contributed by atoms with Crippen LogP contribution >= 0.6 is 11.6 Å². The van der Waals surface area contributed by atoms with Gasteiger partial charge in [0.05, 0.1) is 17.0 Å². The highest BCUT2D eigenvalue weighted by atomic mass is 35.5. The molecule has 1 heterocycles. The Hall–Kier alpha value is -3.56. The first kappa shape index (κ1) is 27.0. The second-order valence-electron chi connectivity index (χ2n) is 8.09. The monoisotopic (exact) mass is 520 g/mol. The molecule has 1 aliphatic rings. The van der Waals surface area contributed by atoms with Crippen LogP contribution in [-0.2, 0) is 11.2 Å². The molecule has 4 rings (SSSR count). The molecule has 0 aliphatic carbocycles. The van der Waals surface area contributed by atoms with Gasteiger partial charge in [-0.2, -0.15) is 0 Å². The molecule has 36 heavy (non-hydrogen) atoms. The molecule has 0 aromatic heterocycles. The number of anilines is 1. The van der Waals surface area contributed by atoms with Crippen LogP contribution < -0.4 is 10.6 Å². The first-order chi connectivity index (χ1) is 17.2. The third-order valence-electron chi connectivity index (χ3n) is 5.43. The molecule has 6 nitrogen and oxygen atoms in total. The minimum Gasteiger partial charge on any atom is -0.506 e.